The SMILES string of the molecule is CCOC(=O)CCCNC(=O)NC(=O)C(C)=C(C)C(=O)O. The molecular weight excluding hydrogens is 280 g/mol. The first-order chi connectivity index (χ1) is 9.79. The average Bonchev–Trinajstić information content (AvgIpc) is 2.42. The summed E-state index contributed by atoms with van der Waals surface area (Å²) in [5, 5.41) is 13.1. The molecule has 0 aliphatic rings. The predicted molar refractivity (Wildman–Crippen MR) is 73.4 cm³/mol. The molecule has 8 nitrogen and oxygen atoms in total. The molecule has 0 heterocycles. The van der Waals surface area contributed by atoms with Gasteiger partial charge in [-0.15, -0.1) is 0 Å². The third kappa shape index (κ3) is 7.71. The highest BCUT2D eigenvalue weighted by molar-refractivity contribution is 6.07. The van der Waals surface area contributed by atoms with Crippen LogP contribution in [0.4, 0.5) is 4.79 Å². The van der Waals surface area contributed by atoms with E-state index in [2.05, 4.69) is 5.32 Å². The summed E-state index contributed by atoms with van der Waals surface area (Å²) in [6.45, 7) is 4.78. The second-order valence-electron chi connectivity index (χ2n) is 4.17. The van der Waals surface area contributed by atoms with Crippen LogP contribution in [0.2, 0.25) is 0 Å². The van der Waals surface area contributed by atoms with Crippen LogP contribution in [0, 0.1) is 0 Å². The van der Waals surface area contributed by atoms with E-state index in [0.717, 1.165) is 0 Å². The molecular formula is C13H20N2O6. The van der Waals surface area contributed by atoms with Crippen molar-refractivity contribution in [1.29, 1.82) is 0 Å². The Labute approximate surface area is 122 Å². The van der Waals surface area contributed by atoms with E-state index in [1.807, 2.05) is 5.32 Å². The van der Waals surface area contributed by atoms with E-state index in [1.54, 1.807) is 6.92 Å². The van der Waals surface area contributed by atoms with Gasteiger partial charge in [0.25, 0.3) is 5.91 Å². The summed E-state index contributed by atoms with van der Waals surface area (Å²) in [4.78, 5) is 44.7. The molecule has 3 amide bonds. The third-order valence-electron chi connectivity index (χ3n) is 2.60. The zero-order chi connectivity index (χ0) is 16.4. The number of hydrogen-bond donors (Lipinski definition) is 3. The van der Waals surface area contributed by atoms with Gasteiger partial charge in [-0.05, 0) is 27.2 Å². The number of urea groups is 1. The lowest BCUT2D eigenvalue weighted by Crippen LogP contribution is -2.40. The van der Waals surface area contributed by atoms with Crippen molar-refractivity contribution in [2.45, 2.75) is 33.6 Å². The molecule has 0 fully saturated rings. The van der Waals surface area contributed by atoms with Crippen molar-refractivity contribution < 1.29 is 29.0 Å². The van der Waals surface area contributed by atoms with Gasteiger partial charge in [0.05, 0.1) is 6.61 Å². The van der Waals surface area contributed by atoms with Crippen LogP contribution in [-0.2, 0) is 19.1 Å². The van der Waals surface area contributed by atoms with Crippen molar-refractivity contribution in [3.8, 4) is 0 Å². The molecule has 21 heavy (non-hydrogen) atoms. The number of carboxylic acids is 1. The van der Waals surface area contributed by atoms with Gasteiger partial charge < -0.3 is 15.2 Å². The Bertz CT molecular complexity index is 456. The van der Waals surface area contributed by atoms with E-state index in [1.165, 1.54) is 13.8 Å². The smallest absolute Gasteiger partial charge is 0.331 e. The molecule has 0 atom stereocenters. The monoisotopic (exact) mass is 300 g/mol. The van der Waals surface area contributed by atoms with E-state index in [0.29, 0.717) is 13.0 Å². The van der Waals surface area contributed by atoms with Gasteiger partial charge >= 0.3 is 18.0 Å². The number of ether oxygens (including phenoxy) is 1. The summed E-state index contributed by atoms with van der Waals surface area (Å²) in [7, 11) is 0. The number of carbonyl (C=O) groups excluding carboxylic acids is 3. The van der Waals surface area contributed by atoms with Crippen LogP contribution < -0.4 is 10.6 Å². The normalized spacial score (nSPS) is 11.2. The van der Waals surface area contributed by atoms with E-state index in [-0.39, 0.29) is 30.1 Å². The molecule has 0 spiro atoms. The summed E-state index contributed by atoms with van der Waals surface area (Å²) in [5.74, 6) is -2.36. The molecule has 8 heteroatoms. The Morgan fingerprint density at radius 1 is 1.10 bits per heavy atom. The zero-order valence-electron chi connectivity index (χ0n) is 12.3. The van der Waals surface area contributed by atoms with Crippen molar-refractivity contribution >= 4 is 23.9 Å². The van der Waals surface area contributed by atoms with E-state index in [4.69, 9.17) is 9.84 Å². The second-order valence-corrected chi connectivity index (χ2v) is 4.17. The van der Waals surface area contributed by atoms with Crippen molar-refractivity contribution in [1.82, 2.24) is 10.6 Å². The molecule has 0 saturated heterocycles. The third-order valence-corrected chi connectivity index (χ3v) is 2.60. The van der Waals surface area contributed by atoms with Crippen molar-refractivity contribution in [2.24, 2.45) is 0 Å². The number of hydrogen-bond acceptors (Lipinski definition) is 5. The van der Waals surface area contributed by atoms with Crippen LogP contribution >= 0.6 is 0 Å². The molecule has 0 saturated carbocycles. The Kier molecular flexibility index (Phi) is 8.43. The van der Waals surface area contributed by atoms with Crippen molar-refractivity contribution in [3.63, 3.8) is 0 Å². The summed E-state index contributed by atoms with van der Waals surface area (Å²) >= 11 is 0. The number of carboxylic acid groups (broad SMARTS) is 1. The van der Waals surface area contributed by atoms with Gasteiger partial charge in [0.1, 0.15) is 0 Å². The molecule has 0 radical (unpaired) electrons. The lowest BCUT2D eigenvalue weighted by Gasteiger charge is -2.07. The fourth-order valence-corrected chi connectivity index (χ4v) is 1.24. The molecule has 0 unspecified atom stereocenters. The standard InChI is InChI=1S/C13H20N2O6/c1-4-21-10(16)6-5-7-14-13(20)15-11(17)8(2)9(3)12(18)19/h4-7H2,1-3H3,(H,18,19)(H2,14,15,17,20). The summed E-state index contributed by atoms with van der Waals surface area (Å²) in [6, 6.07) is -0.749. The molecule has 118 valence electrons. The average molecular weight is 300 g/mol. The van der Waals surface area contributed by atoms with Crippen LogP contribution in [0.15, 0.2) is 11.1 Å². The lowest BCUT2D eigenvalue weighted by atomic mass is 10.1. The maximum Gasteiger partial charge on any atom is 0.331 e. The number of esters is 1. The Morgan fingerprint density at radius 2 is 1.71 bits per heavy atom. The van der Waals surface area contributed by atoms with Crippen molar-refractivity contribution in [2.75, 3.05) is 13.2 Å². The molecule has 0 aliphatic heterocycles. The first kappa shape index (κ1) is 18.6. The number of carbonyl (C=O) groups is 4. The quantitative estimate of drug-likeness (QED) is 0.359. The Morgan fingerprint density at radius 3 is 2.24 bits per heavy atom. The molecule has 0 rings (SSSR count). The van der Waals surface area contributed by atoms with E-state index in [9.17, 15) is 19.2 Å². The summed E-state index contributed by atoms with van der Waals surface area (Å²) in [5.41, 5.74) is -0.188. The minimum Gasteiger partial charge on any atom is -0.478 e. The number of nitrogens with one attached hydrogen (secondary N) is 2. The van der Waals surface area contributed by atoms with E-state index < -0.39 is 17.9 Å². The van der Waals surface area contributed by atoms with Crippen LogP contribution in [0.1, 0.15) is 33.6 Å². The highest BCUT2D eigenvalue weighted by Gasteiger charge is 2.14. The van der Waals surface area contributed by atoms with Crippen LogP contribution in [0.5, 0.6) is 0 Å². The van der Waals surface area contributed by atoms with Gasteiger partial charge in [-0.1, -0.05) is 0 Å². The summed E-state index contributed by atoms with van der Waals surface area (Å²) in [6.07, 6.45) is 0.544. The Hall–Kier alpha value is -2.38. The summed E-state index contributed by atoms with van der Waals surface area (Å²) < 4.78 is 4.71. The molecule has 0 aromatic heterocycles. The van der Waals surface area contributed by atoms with Gasteiger partial charge in [0.15, 0.2) is 0 Å². The highest BCUT2D eigenvalue weighted by Crippen LogP contribution is 2.03. The topological polar surface area (TPSA) is 122 Å². The molecule has 0 aromatic carbocycles. The van der Waals surface area contributed by atoms with E-state index >= 15 is 0 Å². The first-order valence-electron chi connectivity index (χ1n) is 6.45. The van der Waals surface area contributed by atoms with Crippen molar-refractivity contribution in [3.05, 3.63) is 11.1 Å². The largest absolute Gasteiger partial charge is 0.478 e. The van der Waals surface area contributed by atoms with Crippen LogP contribution in [0.3, 0.4) is 0 Å². The fraction of sp³-hybridized carbons (Fsp3) is 0.538. The van der Waals surface area contributed by atoms with Gasteiger partial charge in [-0.3, -0.25) is 14.9 Å². The molecule has 0 aliphatic carbocycles. The first-order valence-corrected chi connectivity index (χ1v) is 6.45. The number of imide groups is 1. The highest BCUT2D eigenvalue weighted by atomic mass is 16.5. The zero-order valence-corrected chi connectivity index (χ0v) is 12.3. The maximum absolute atomic E-state index is 11.6. The number of rotatable bonds is 7. The predicted octanol–water partition coefficient (Wildman–Crippen LogP) is 0.576. The lowest BCUT2D eigenvalue weighted by molar-refractivity contribution is -0.143. The molecule has 3 N–H and O–H groups in total. The minimum absolute atomic E-state index is 0.0517. The van der Waals surface area contributed by atoms with Crippen LogP contribution in [-0.4, -0.2) is 42.1 Å². The second kappa shape index (κ2) is 9.51. The molecule has 0 aromatic rings. The van der Waals surface area contributed by atoms with Gasteiger partial charge in [0, 0.05) is 24.1 Å². The maximum atomic E-state index is 11.6. The Balaban J connectivity index is 4.11. The van der Waals surface area contributed by atoms with Gasteiger partial charge in [-0.25, -0.2) is 9.59 Å². The van der Waals surface area contributed by atoms with Gasteiger partial charge in [0.2, 0.25) is 0 Å². The number of aliphatic carboxylic acids is 1. The van der Waals surface area contributed by atoms with Gasteiger partial charge in [-0.2, -0.15) is 0 Å². The van der Waals surface area contributed by atoms with Crippen LogP contribution in [0.25, 0.3) is 0 Å². The number of amides is 3. The minimum atomic E-state index is -1.22. The molecule has 0 bridgehead atoms. The fourth-order valence-electron chi connectivity index (χ4n) is 1.24.